The molecular formula is C13H24N2O. The van der Waals surface area contributed by atoms with Crippen LogP contribution in [0.15, 0.2) is 0 Å². The van der Waals surface area contributed by atoms with Crippen molar-refractivity contribution < 1.29 is 4.79 Å². The molecule has 3 nitrogen and oxygen atoms in total. The first kappa shape index (κ1) is 11.9. The summed E-state index contributed by atoms with van der Waals surface area (Å²) >= 11 is 0. The van der Waals surface area contributed by atoms with Crippen molar-refractivity contribution in [2.45, 2.75) is 70.5 Å². The molecule has 16 heavy (non-hydrogen) atoms. The second kappa shape index (κ2) is 4.02. The van der Waals surface area contributed by atoms with E-state index in [0.717, 1.165) is 32.1 Å². The van der Waals surface area contributed by atoms with Crippen molar-refractivity contribution >= 4 is 5.91 Å². The highest BCUT2D eigenvalue weighted by molar-refractivity contribution is 5.87. The van der Waals surface area contributed by atoms with Gasteiger partial charge in [0.05, 0.1) is 5.54 Å². The van der Waals surface area contributed by atoms with E-state index in [9.17, 15) is 4.79 Å². The fourth-order valence-electron chi connectivity index (χ4n) is 2.97. The number of nitrogens with two attached hydrogens (primary N) is 1. The maximum Gasteiger partial charge on any atom is 0.243 e. The molecule has 0 aromatic heterocycles. The fraction of sp³-hybridized carbons (Fsp3) is 0.923. The van der Waals surface area contributed by atoms with Crippen LogP contribution in [-0.4, -0.2) is 28.4 Å². The number of likely N-dealkylation sites (tertiary alicyclic amines) is 1. The van der Waals surface area contributed by atoms with Gasteiger partial charge in [-0.05, 0) is 51.9 Å². The Morgan fingerprint density at radius 2 is 2.00 bits per heavy atom. The van der Waals surface area contributed by atoms with Crippen molar-refractivity contribution in [3.8, 4) is 0 Å². The summed E-state index contributed by atoms with van der Waals surface area (Å²) in [5.74, 6) is 0.608. The summed E-state index contributed by atoms with van der Waals surface area (Å²) in [5.41, 5.74) is 5.61. The lowest BCUT2D eigenvalue weighted by Gasteiger charge is -2.35. The van der Waals surface area contributed by atoms with Crippen molar-refractivity contribution in [2.75, 3.05) is 0 Å². The second-order valence-corrected chi connectivity index (χ2v) is 5.76. The third-order valence-electron chi connectivity index (χ3n) is 4.38. The Morgan fingerprint density at radius 3 is 2.50 bits per heavy atom. The number of rotatable bonds is 3. The summed E-state index contributed by atoms with van der Waals surface area (Å²) in [7, 11) is 0. The Morgan fingerprint density at radius 1 is 1.38 bits per heavy atom. The molecule has 0 aromatic carbocycles. The minimum absolute atomic E-state index is 0.187. The maximum absolute atomic E-state index is 12.5. The molecule has 2 N–H and O–H groups in total. The quantitative estimate of drug-likeness (QED) is 0.796. The lowest BCUT2D eigenvalue weighted by atomic mass is 9.94. The molecule has 2 aliphatic rings. The molecule has 0 spiro atoms. The van der Waals surface area contributed by atoms with E-state index in [1.165, 1.54) is 0 Å². The van der Waals surface area contributed by atoms with Gasteiger partial charge in [-0.25, -0.2) is 0 Å². The predicted molar refractivity (Wildman–Crippen MR) is 64.9 cm³/mol. The number of carbonyl (C=O) groups is 1. The molecule has 1 saturated heterocycles. The van der Waals surface area contributed by atoms with Gasteiger partial charge in [0.2, 0.25) is 5.91 Å². The van der Waals surface area contributed by atoms with Crippen LogP contribution in [0.2, 0.25) is 0 Å². The molecule has 0 aromatic rings. The minimum atomic E-state index is -0.619. The molecule has 1 amide bonds. The summed E-state index contributed by atoms with van der Waals surface area (Å²) in [4.78, 5) is 14.6. The summed E-state index contributed by atoms with van der Waals surface area (Å²) < 4.78 is 0. The van der Waals surface area contributed by atoms with Gasteiger partial charge in [0.15, 0.2) is 0 Å². The summed E-state index contributed by atoms with van der Waals surface area (Å²) in [6.45, 7) is 6.23. The van der Waals surface area contributed by atoms with Crippen LogP contribution in [0.4, 0.5) is 0 Å². The molecule has 1 aliphatic carbocycles. The number of hydrogen-bond acceptors (Lipinski definition) is 2. The van der Waals surface area contributed by atoms with Crippen molar-refractivity contribution in [3.63, 3.8) is 0 Å². The molecule has 3 heteroatoms. The first-order valence-electron chi connectivity index (χ1n) is 6.60. The molecule has 1 saturated carbocycles. The Hall–Kier alpha value is -0.570. The van der Waals surface area contributed by atoms with Crippen LogP contribution in [0, 0.1) is 5.92 Å². The normalized spacial score (nSPS) is 33.9. The molecule has 2 fully saturated rings. The molecule has 0 radical (unpaired) electrons. The highest BCUT2D eigenvalue weighted by Gasteiger charge is 2.48. The van der Waals surface area contributed by atoms with Crippen LogP contribution in [0.25, 0.3) is 0 Å². The topological polar surface area (TPSA) is 46.3 Å². The third-order valence-corrected chi connectivity index (χ3v) is 4.38. The number of nitrogens with zero attached hydrogens (tertiary/aromatic N) is 1. The third kappa shape index (κ3) is 1.86. The predicted octanol–water partition coefficient (Wildman–Crippen LogP) is 1.90. The summed E-state index contributed by atoms with van der Waals surface area (Å²) in [6.07, 6.45) is 5.57. The summed E-state index contributed by atoms with van der Waals surface area (Å²) in [5, 5.41) is 0. The van der Waals surface area contributed by atoms with E-state index in [1.807, 2.05) is 6.92 Å². The SMILES string of the molecule is CCC1CCC(C)N1C(=O)C(C)(N)C1CC1. The molecular weight excluding hydrogens is 200 g/mol. The van der Waals surface area contributed by atoms with Gasteiger partial charge < -0.3 is 10.6 Å². The monoisotopic (exact) mass is 224 g/mol. The molecule has 92 valence electrons. The van der Waals surface area contributed by atoms with E-state index in [2.05, 4.69) is 18.7 Å². The van der Waals surface area contributed by atoms with E-state index in [0.29, 0.717) is 18.0 Å². The maximum atomic E-state index is 12.5. The van der Waals surface area contributed by atoms with E-state index in [4.69, 9.17) is 5.73 Å². The van der Waals surface area contributed by atoms with Crippen LogP contribution in [0.5, 0.6) is 0 Å². The van der Waals surface area contributed by atoms with Crippen molar-refractivity contribution in [1.29, 1.82) is 0 Å². The molecule has 0 bridgehead atoms. The molecule has 1 heterocycles. The number of carbonyl (C=O) groups excluding carboxylic acids is 1. The Labute approximate surface area is 98.4 Å². The molecule has 1 aliphatic heterocycles. The zero-order chi connectivity index (χ0) is 11.9. The van der Waals surface area contributed by atoms with Crippen LogP contribution < -0.4 is 5.73 Å². The average molecular weight is 224 g/mol. The Bertz CT molecular complexity index is 284. The van der Waals surface area contributed by atoms with E-state index < -0.39 is 5.54 Å². The fourth-order valence-corrected chi connectivity index (χ4v) is 2.97. The van der Waals surface area contributed by atoms with Crippen molar-refractivity contribution in [1.82, 2.24) is 4.90 Å². The minimum Gasteiger partial charge on any atom is -0.335 e. The van der Waals surface area contributed by atoms with Crippen LogP contribution in [-0.2, 0) is 4.79 Å². The number of amides is 1. The Kier molecular flexibility index (Phi) is 2.99. The zero-order valence-electron chi connectivity index (χ0n) is 10.7. The summed E-state index contributed by atoms with van der Waals surface area (Å²) in [6, 6.07) is 0.795. The first-order valence-corrected chi connectivity index (χ1v) is 6.60. The lowest BCUT2D eigenvalue weighted by Crippen LogP contribution is -2.57. The first-order chi connectivity index (χ1) is 7.48. The van der Waals surface area contributed by atoms with Gasteiger partial charge >= 0.3 is 0 Å². The highest BCUT2D eigenvalue weighted by atomic mass is 16.2. The lowest BCUT2D eigenvalue weighted by molar-refractivity contribution is -0.140. The van der Waals surface area contributed by atoms with E-state index in [1.54, 1.807) is 0 Å². The van der Waals surface area contributed by atoms with Gasteiger partial charge in [0, 0.05) is 12.1 Å². The van der Waals surface area contributed by atoms with Gasteiger partial charge in [-0.15, -0.1) is 0 Å². The molecule has 3 atom stereocenters. The van der Waals surface area contributed by atoms with E-state index >= 15 is 0 Å². The van der Waals surface area contributed by atoms with Gasteiger partial charge in [0.25, 0.3) is 0 Å². The molecule has 3 unspecified atom stereocenters. The largest absolute Gasteiger partial charge is 0.335 e. The van der Waals surface area contributed by atoms with Crippen LogP contribution in [0.1, 0.15) is 52.9 Å². The zero-order valence-corrected chi connectivity index (χ0v) is 10.7. The Balaban J connectivity index is 2.13. The van der Waals surface area contributed by atoms with Gasteiger partial charge in [-0.2, -0.15) is 0 Å². The smallest absolute Gasteiger partial charge is 0.243 e. The average Bonchev–Trinajstić information content (AvgIpc) is 3.02. The van der Waals surface area contributed by atoms with Gasteiger partial charge in [0.1, 0.15) is 0 Å². The van der Waals surface area contributed by atoms with E-state index in [-0.39, 0.29) is 5.91 Å². The van der Waals surface area contributed by atoms with Crippen molar-refractivity contribution in [2.24, 2.45) is 11.7 Å². The standard InChI is InChI=1S/C13H24N2O/c1-4-11-8-5-9(2)15(11)12(16)13(3,14)10-6-7-10/h9-11H,4-8,14H2,1-3H3. The van der Waals surface area contributed by atoms with Gasteiger partial charge in [-0.1, -0.05) is 6.92 Å². The highest BCUT2D eigenvalue weighted by Crippen LogP contribution is 2.40. The van der Waals surface area contributed by atoms with Crippen molar-refractivity contribution in [3.05, 3.63) is 0 Å². The van der Waals surface area contributed by atoms with Crippen LogP contribution in [0.3, 0.4) is 0 Å². The number of hydrogen-bond donors (Lipinski definition) is 1. The molecule has 2 rings (SSSR count). The second-order valence-electron chi connectivity index (χ2n) is 5.76. The van der Waals surface area contributed by atoms with Crippen LogP contribution >= 0.6 is 0 Å². The van der Waals surface area contributed by atoms with Gasteiger partial charge in [-0.3, -0.25) is 4.79 Å².